The molecule has 0 radical (unpaired) electrons. The van der Waals surface area contributed by atoms with Crippen LogP contribution in [0.2, 0.25) is 0 Å². The van der Waals surface area contributed by atoms with Gasteiger partial charge in [-0.3, -0.25) is 4.79 Å². The Balaban J connectivity index is 2.17. The Morgan fingerprint density at radius 1 is 1.22 bits per heavy atom. The zero-order chi connectivity index (χ0) is 20.5. The molecule has 0 bridgehead atoms. The highest BCUT2D eigenvalue weighted by Crippen LogP contribution is 2.43. The number of aliphatic hydroxyl groups excluding tert-OH is 5. The zero-order valence-electron chi connectivity index (χ0n) is 16.3. The molecule has 7 unspecified atom stereocenters. The summed E-state index contributed by atoms with van der Waals surface area (Å²) in [4.78, 5) is 12.8. The molecule has 0 aromatic rings. The predicted octanol–water partition coefficient (Wildman–Crippen LogP) is -0.352. The van der Waals surface area contributed by atoms with Crippen molar-refractivity contribution >= 4 is 5.78 Å². The zero-order valence-corrected chi connectivity index (χ0v) is 16.3. The second-order valence-electron chi connectivity index (χ2n) is 8.27. The van der Waals surface area contributed by atoms with E-state index in [0.29, 0.717) is 24.8 Å². The van der Waals surface area contributed by atoms with Gasteiger partial charge >= 0.3 is 0 Å². The van der Waals surface area contributed by atoms with Gasteiger partial charge in [-0.25, -0.2) is 0 Å². The Morgan fingerprint density at radius 3 is 2.41 bits per heavy atom. The fourth-order valence-corrected chi connectivity index (χ4v) is 3.91. The summed E-state index contributed by atoms with van der Waals surface area (Å²) in [6.07, 6.45) is -6.81. The van der Waals surface area contributed by atoms with Crippen molar-refractivity contribution in [3.05, 3.63) is 11.1 Å². The van der Waals surface area contributed by atoms with Crippen LogP contribution in [0.4, 0.5) is 0 Å². The fourth-order valence-electron chi connectivity index (χ4n) is 3.91. The molecule has 1 saturated heterocycles. The lowest BCUT2D eigenvalue weighted by molar-refractivity contribution is -0.309. The van der Waals surface area contributed by atoms with Crippen LogP contribution in [0.3, 0.4) is 0 Å². The van der Waals surface area contributed by atoms with Crippen LogP contribution in [0, 0.1) is 5.41 Å². The normalized spacial score (nSPS) is 38.2. The average molecular weight is 388 g/mol. The van der Waals surface area contributed by atoms with Gasteiger partial charge in [0, 0.05) is 0 Å². The average Bonchev–Trinajstić information content (AvgIpc) is 2.59. The molecule has 2 rings (SSSR count). The van der Waals surface area contributed by atoms with E-state index >= 15 is 0 Å². The number of hydrogen-bond acceptors (Lipinski definition) is 8. The van der Waals surface area contributed by atoms with Gasteiger partial charge in [0.25, 0.3) is 0 Å². The van der Waals surface area contributed by atoms with Gasteiger partial charge < -0.3 is 35.0 Å². The van der Waals surface area contributed by atoms with Gasteiger partial charge in [-0.2, -0.15) is 0 Å². The first-order chi connectivity index (χ1) is 12.5. The Labute approximate surface area is 159 Å². The van der Waals surface area contributed by atoms with Gasteiger partial charge in [0.15, 0.2) is 12.1 Å². The number of aliphatic hydroxyl groups is 5. The Morgan fingerprint density at radius 2 is 1.85 bits per heavy atom. The van der Waals surface area contributed by atoms with E-state index in [1.165, 1.54) is 0 Å². The molecule has 7 atom stereocenters. The van der Waals surface area contributed by atoms with Crippen molar-refractivity contribution in [1.29, 1.82) is 0 Å². The third kappa shape index (κ3) is 4.76. The maximum atomic E-state index is 12.8. The third-order valence-electron chi connectivity index (χ3n) is 5.59. The fraction of sp³-hybridized carbons (Fsp3) is 0.842. The molecule has 1 fully saturated rings. The maximum Gasteiger partial charge on any atom is 0.187 e. The summed E-state index contributed by atoms with van der Waals surface area (Å²) in [7, 11) is 0. The minimum atomic E-state index is -1.55. The molecule has 0 saturated carbocycles. The first-order valence-electron chi connectivity index (χ1n) is 9.38. The molecular weight excluding hydrogens is 356 g/mol. The quantitative estimate of drug-likeness (QED) is 0.416. The number of Topliss-reactive ketones (excluding diaryl/α,β-unsaturated/α-hetero) is 1. The summed E-state index contributed by atoms with van der Waals surface area (Å²) in [5.41, 5.74) is 1.19. The van der Waals surface area contributed by atoms with Gasteiger partial charge in [0.05, 0.1) is 12.7 Å². The van der Waals surface area contributed by atoms with Crippen LogP contribution in [0.15, 0.2) is 11.1 Å². The lowest BCUT2D eigenvalue weighted by Crippen LogP contribution is -2.60. The van der Waals surface area contributed by atoms with Crippen LogP contribution >= 0.6 is 0 Å². The van der Waals surface area contributed by atoms with Crippen LogP contribution in [-0.2, 0) is 14.3 Å². The van der Waals surface area contributed by atoms with Crippen molar-refractivity contribution in [3.63, 3.8) is 0 Å². The summed E-state index contributed by atoms with van der Waals surface area (Å²) >= 11 is 0. The van der Waals surface area contributed by atoms with Gasteiger partial charge in [0.2, 0.25) is 0 Å². The molecule has 0 aromatic heterocycles. The van der Waals surface area contributed by atoms with Gasteiger partial charge in [-0.15, -0.1) is 0 Å². The largest absolute Gasteiger partial charge is 0.394 e. The molecule has 0 amide bonds. The molecule has 1 aliphatic carbocycles. The summed E-state index contributed by atoms with van der Waals surface area (Å²) < 4.78 is 11.1. The number of rotatable bonds is 6. The molecule has 156 valence electrons. The highest BCUT2D eigenvalue weighted by molar-refractivity contribution is 6.00. The number of ketones is 1. The lowest BCUT2D eigenvalue weighted by atomic mass is 9.69. The topological polar surface area (TPSA) is 137 Å². The van der Waals surface area contributed by atoms with Crippen LogP contribution < -0.4 is 0 Å². The Kier molecular flexibility index (Phi) is 7.18. The number of ether oxygens (including phenoxy) is 2. The smallest absolute Gasteiger partial charge is 0.187 e. The van der Waals surface area contributed by atoms with Crippen LogP contribution in [0.5, 0.6) is 0 Å². The molecular formula is C19H32O8. The van der Waals surface area contributed by atoms with Crippen LogP contribution in [0.1, 0.15) is 47.0 Å². The highest BCUT2D eigenvalue weighted by Gasteiger charge is 2.47. The third-order valence-corrected chi connectivity index (χ3v) is 5.59. The van der Waals surface area contributed by atoms with E-state index < -0.39 is 49.5 Å². The molecule has 0 aromatic carbocycles. The minimum absolute atomic E-state index is 0.230. The number of carbonyl (C=O) groups excluding carboxylic acids is 1. The molecule has 8 nitrogen and oxygen atoms in total. The van der Waals surface area contributed by atoms with Crippen molar-refractivity contribution in [2.24, 2.45) is 5.41 Å². The second-order valence-corrected chi connectivity index (χ2v) is 8.27. The van der Waals surface area contributed by atoms with Crippen molar-refractivity contribution in [3.8, 4) is 0 Å². The molecule has 27 heavy (non-hydrogen) atoms. The van der Waals surface area contributed by atoms with Gasteiger partial charge in [-0.05, 0) is 44.1 Å². The van der Waals surface area contributed by atoms with Gasteiger partial charge in [0.1, 0.15) is 30.5 Å². The summed E-state index contributed by atoms with van der Waals surface area (Å²) in [6, 6.07) is 0. The summed E-state index contributed by atoms with van der Waals surface area (Å²) in [5.74, 6) is -0.230. The molecule has 1 aliphatic heterocycles. The van der Waals surface area contributed by atoms with Crippen LogP contribution in [-0.4, -0.2) is 80.8 Å². The number of carbonyl (C=O) groups is 1. The summed E-state index contributed by atoms with van der Waals surface area (Å²) in [6.45, 7) is 6.86. The van der Waals surface area contributed by atoms with E-state index in [9.17, 15) is 30.3 Å². The number of hydrogen-bond donors (Lipinski definition) is 5. The predicted molar refractivity (Wildman–Crippen MR) is 95.7 cm³/mol. The van der Waals surface area contributed by atoms with Crippen molar-refractivity contribution in [1.82, 2.24) is 0 Å². The van der Waals surface area contributed by atoms with Crippen molar-refractivity contribution in [2.45, 2.75) is 89.9 Å². The van der Waals surface area contributed by atoms with E-state index in [2.05, 4.69) is 0 Å². The molecule has 2 aliphatic rings. The van der Waals surface area contributed by atoms with Crippen LogP contribution in [0.25, 0.3) is 0 Å². The Bertz CT molecular complexity index is 568. The Hall–Kier alpha value is -0.870. The molecule has 8 heteroatoms. The molecule has 1 heterocycles. The van der Waals surface area contributed by atoms with Gasteiger partial charge in [-0.1, -0.05) is 19.4 Å². The highest BCUT2D eigenvalue weighted by atomic mass is 16.7. The second kappa shape index (κ2) is 8.65. The lowest BCUT2D eigenvalue weighted by Gasteiger charge is -2.43. The van der Waals surface area contributed by atoms with E-state index in [1.54, 1.807) is 13.8 Å². The minimum Gasteiger partial charge on any atom is -0.394 e. The van der Waals surface area contributed by atoms with Crippen molar-refractivity contribution < 1.29 is 39.8 Å². The summed E-state index contributed by atoms with van der Waals surface area (Å²) in [5, 5.41) is 48.7. The van der Waals surface area contributed by atoms with E-state index in [0.717, 1.165) is 5.57 Å². The molecule has 5 N–H and O–H groups in total. The monoisotopic (exact) mass is 388 g/mol. The van der Waals surface area contributed by atoms with E-state index in [4.69, 9.17) is 9.47 Å². The number of allylic oxidation sites excluding steroid dienone is 1. The first kappa shape index (κ1) is 22.4. The van der Waals surface area contributed by atoms with E-state index in [1.807, 2.05) is 13.8 Å². The molecule has 0 spiro atoms. The SMILES string of the molecule is CC1=C(CCC(C)O)C(C)(C)CC(OC2OC(CO)C(O)C(O)C2O)C1=O. The van der Waals surface area contributed by atoms with E-state index in [-0.39, 0.29) is 11.2 Å². The standard InChI is InChI=1S/C19H32O8/c1-9(21)5-6-11-10(2)14(22)12(7-19(11,3)4)26-18-17(25)16(24)15(23)13(8-20)27-18/h9,12-13,15-18,20-21,23-25H,5-8H2,1-4H3. The van der Waals surface area contributed by atoms with Crippen molar-refractivity contribution in [2.75, 3.05) is 6.61 Å². The maximum absolute atomic E-state index is 12.8. The first-order valence-corrected chi connectivity index (χ1v) is 9.38.